The number of allylic oxidation sites excluding steroid dienone is 6. The summed E-state index contributed by atoms with van der Waals surface area (Å²) in [6.07, 6.45) is 10.3. The highest BCUT2D eigenvalue weighted by molar-refractivity contribution is 5.01. The molecule has 0 aliphatic carbocycles. The maximum absolute atomic E-state index is 8.41. The Kier molecular flexibility index (Phi) is 7.96. The summed E-state index contributed by atoms with van der Waals surface area (Å²) in [4.78, 5) is 0. The van der Waals surface area contributed by atoms with Gasteiger partial charge in [0.1, 0.15) is 0 Å². The van der Waals surface area contributed by atoms with Crippen molar-refractivity contribution in [2.45, 2.75) is 26.7 Å². The molecule has 0 aromatic rings. The smallest absolute Gasteiger partial charge is 0.0968 e. The van der Waals surface area contributed by atoms with Gasteiger partial charge in [-0.05, 0) is 51.0 Å². The molecule has 0 amide bonds. The molecule has 3 heteroatoms. The zero-order chi connectivity index (χ0) is 11.5. The van der Waals surface area contributed by atoms with Crippen molar-refractivity contribution < 1.29 is 14.9 Å². The summed E-state index contributed by atoms with van der Waals surface area (Å²) >= 11 is 0. The fourth-order valence-electron chi connectivity index (χ4n) is 0.927. The van der Waals surface area contributed by atoms with Gasteiger partial charge in [0.2, 0.25) is 0 Å². The van der Waals surface area contributed by atoms with E-state index in [2.05, 4.69) is 0 Å². The molecular weight excluding hydrogens is 192 g/mol. The number of aliphatic hydroxyl groups excluding tert-OH is 2. The number of hydrogen-bond acceptors (Lipinski definition) is 3. The number of rotatable bonds is 6. The van der Waals surface area contributed by atoms with Crippen LogP contribution in [-0.4, -0.2) is 10.2 Å². The maximum Gasteiger partial charge on any atom is 0.0968 e. The SMILES string of the molecule is CC(=CCC=CO)OC(C)=CCC=CO. The van der Waals surface area contributed by atoms with Gasteiger partial charge in [0, 0.05) is 0 Å². The van der Waals surface area contributed by atoms with Gasteiger partial charge in [0.05, 0.1) is 24.0 Å². The van der Waals surface area contributed by atoms with Crippen molar-refractivity contribution in [2.75, 3.05) is 0 Å². The minimum atomic E-state index is 0.645. The molecule has 0 unspecified atom stereocenters. The molecule has 0 aliphatic rings. The summed E-state index contributed by atoms with van der Waals surface area (Å²) in [6, 6.07) is 0. The van der Waals surface area contributed by atoms with Crippen LogP contribution in [0.1, 0.15) is 26.7 Å². The van der Waals surface area contributed by atoms with Gasteiger partial charge in [-0.3, -0.25) is 0 Å². The van der Waals surface area contributed by atoms with E-state index in [1.54, 1.807) is 12.2 Å². The molecule has 0 atom stereocenters. The van der Waals surface area contributed by atoms with Crippen molar-refractivity contribution in [3.8, 4) is 0 Å². The van der Waals surface area contributed by atoms with Crippen molar-refractivity contribution in [1.29, 1.82) is 0 Å². The number of aliphatic hydroxyl groups is 2. The van der Waals surface area contributed by atoms with Crippen LogP contribution in [0.15, 0.2) is 48.3 Å². The van der Waals surface area contributed by atoms with Gasteiger partial charge in [-0.15, -0.1) is 0 Å². The van der Waals surface area contributed by atoms with Gasteiger partial charge in [-0.1, -0.05) is 0 Å². The Morgan fingerprint density at radius 3 is 1.67 bits per heavy atom. The van der Waals surface area contributed by atoms with Gasteiger partial charge in [0.25, 0.3) is 0 Å². The van der Waals surface area contributed by atoms with E-state index in [-0.39, 0.29) is 0 Å². The minimum absolute atomic E-state index is 0.645. The molecule has 2 N–H and O–H groups in total. The van der Waals surface area contributed by atoms with Crippen LogP contribution in [-0.2, 0) is 4.74 Å². The summed E-state index contributed by atoms with van der Waals surface area (Å²) in [5.74, 6) is 1.57. The largest absolute Gasteiger partial charge is 0.516 e. The van der Waals surface area contributed by atoms with E-state index < -0.39 is 0 Å². The lowest BCUT2D eigenvalue weighted by Crippen LogP contribution is -1.85. The van der Waals surface area contributed by atoms with Gasteiger partial charge in [0.15, 0.2) is 0 Å². The Balaban J connectivity index is 3.98. The molecule has 0 aliphatic heterocycles. The fourth-order valence-corrected chi connectivity index (χ4v) is 0.927. The van der Waals surface area contributed by atoms with Crippen molar-refractivity contribution in [1.82, 2.24) is 0 Å². The monoisotopic (exact) mass is 210 g/mol. The Morgan fingerprint density at radius 2 is 1.33 bits per heavy atom. The van der Waals surface area contributed by atoms with Crippen LogP contribution < -0.4 is 0 Å². The normalized spacial score (nSPS) is 14.0. The fraction of sp³-hybridized carbons (Fsp3) is 0.333. The first-order valence-electron chi connectivity index (χ1n) is 4.80. The maximum atomic E-state index is 8.41. The van der Waals surface area contributed by atoms with E-state index in [0.717, 1.165) is 24.0 Å². The molecule has 0 saturated carbocycles. The molecule has 3 nitrogen and oxygen atoms in total. The summed E-state index contributed by atoms with van der Waals surface area (Å²) < 4.78 is 5.43. The highest BCUT2D eigenvalue weighted by Crippen LogP contribution is 2.07. The van der Waals surface area contributed by atoms with E-state index >= 15 is 0 Å². The molecule has 0 bridgehead atoms. The molecule has 0 aromatic heterocycles. The van der Waals surface area contributed by atoms with Crippen molar-refractivity contribution in [3.63, 3.8) is 0 Å². The summed E-state index contributed by atoms with van der Waals surface area (Å²) in [5, 5.41) is 16.8. The Hall–Kier alpha value is -1.64. The zero-order valence-corrected chi connectivity index (χ0v) is 9.18. The third kappa shape index (κ3) is 8.68. The van der Waals surface area contributed by atoms with Crippen molar-refractivity contribution >= 4 is 0 Å². The Bertz CT molecular complexity index is 245. The van der Waals surface area contributed by atoms with Crippen LogP contribution in [0.5, 0.6) is 0 Å². The first-order chi connectivity index (χ1) is 7.20. The second-order valence-electron chi connectivity index (χ2n) is 2.97. The summed E-state index contributed by atoms with van der Waals surface area (Å²) in [7, 11) is 0. The Labute approximate surface area is 90.7 Å². The lowest BCUT2D eigenvalue weighted by Gasteiger charge is -2.04. The van der Waals surface area contributed by atoms with E-state index in [0.29, 0.717) is 12.8 Å². The molecule has 0 rings (SSSR count). The lowest BCUT2D eigenvalue weighted by molar-refractivity contribution is 0.306. The molecule has 15 heavy (non-hydrogen) atoms. The molecule has 0 heterocycles. The van der Waals surface area contributed by atoms with Crippen LogP contribution in [0.2, 0.25) is 0 Å². The lowest BCUT2D eigenvalue weighted by atomic mass is 10.3. The predicted octanol–water partition coefficient (Wildman–Crippen LogP) is 3.73. The second kappa shape index (κ2) is 8.94. The third-order valence-corrected chi connectivity index (χ3v) is 1.62. The summed E-state index contributed by atoms with van der Waals surface area (Å²) in [6.45, 7) is 3.70. The molecule has 0 spiro atoms. The molecule has 0 fully saturated rings. The van der Waals surface area contributed by atoms with Crippen LogP contribution in [0.25, 0.3) is 0 Å². The average Bonchev–Trinajstić information content (AvgIpc) is 2.18. The zero-order valence-electron chi connectivity index (χ0n) is 9.18. The van der Waals surface area contributed by atoms with Gasteiger partial charge < -0.3 is 14.9 Å². The van der Waals surface area contributed by atoms with Crippen LogP contribution in [0.3, 0.4) is 0 Å². The molecule has 84 valence electrons. The molecule has 0 aromatic carbocycles. The second-order valence-corrected chi connectivity index (χ2v) is 2.97. The topological polar surface area (TPSA) is 49.7 Å². The van der Waals surface area contributed by atoms with Crippen LogP contribution in [0.4, 0.5) is 0 Å². The predicted molar refractivity (Wildman–Crippen MR) is 61.4 cm³/mol. The highest BCUT2D eigenvalue weighted by atomic mass is 16.5. The van der Waals surface area contributed by atoms with E-state index in [1.807, 2.05) is 26.0 Å². The molecule has 0 saturated heterocycles. The van der Waals surface area contributed by atoms with Gasteiger partial charge in [-0.2, -0.15) is 0 Å². The quantitative estimate of drug-likeness (QED) is 0.656. The molecular formula is C12H18O3. The first-order valence-corrected chi connectivity index (χ1v) is 4.80. The average molecular weight is 210 g/mol. The molecule has 0 radical (unpaired) electrons. The Morgan fingerprint density at radius 1 is 0.933 bits per heavy atom. The van der Waals surface area contributed by atoms with E-state index in [9.17, 15) is 0 Å². The summed E-state index contributed by atoms with van der Waals surface area (Å²) in [5.41, 5.74) is 0. The minimum Gasteiger partial charge on any atom is -0.516 e. The number of hydrogen-bond donors (Lipinski definition) is 2. The van der Waals surface area contributed by atoms with Crippen molar-refractivity contribution in [3.05, 3.63) is 48.3 Å². The third-order valence-electron chi connectivity index (χ3n) is 1.62. The standard InChI is InChI=1S/C12H18O3/c1-11(7-3-5-9-13)15-12(2)8-4-6-10-14/h5-10,13-14H,3-4H2,1-2H3. The van der Waals surface area contributed by atoms with Gasteiger partial charge >= 0.3 is 0 Å². The van der Waals surface area contributed by atoms with E-state index in [4.69, 9.17) is 14.9 Å². The first kappa shape index (κ1) is 13.4. The highest BCUT2D eigenvalue weighted by Gasteiger charge is 1.91. The van der Waals surface area contributed by atoms with Gasteiger partial charge in [-0.25, -0.2) is 0 Å². The van der Waals surface area contributed by atoms with E-state index in [1.165, 1.54) is 0 Å². The van der Waals surface area contributed by atoms with Crippen molar-refractivity contribution in [2.24, 2.45) is 0 Å². The van der Waals surface area contributed by atoms with Crippen LogP contribution in [0, 0.1) is 0 Å². The van der Waals surface area contributed by atoms with Crippen LogP contribution >= 0.6 is 0 Å². The number of ether oxygens (including phenoxy) is 1.